The fraction of sp³-hybridized carbons (Fsp3) is 0.409. The summed E-state index contributed by atoms with van der Waals surface area (Å²) < 4.78 is 38.3. The monoisotopic (exact) mass is 429 g/mol. The number of nitrogens with one attached hydrogen (secondary N) is 1. The van der Waals surface area contributed by atoms with Crippen LogP contribution in [0.1, 0.15) is 30.4 Å². The Hall–Kier alpha value is -3.10. The molecule has 2 aromatic heterocycles. The third kappa shape index (κ3) is 3.62. The summed E-state index contributed by atoms with van der Waals surface area (Å²) in [5.41, 5.74) is 0.688. The van der Waals surface area contributed by atoms with Gasteiger partial charge in [-0.1, -0.05) is 12.1 Å². The van der Waals surface area contributed by atoms with Crippen LogP contribution in [0.15, 0.2) is 42.9 Å². The lowest BCUT2D eigenvalue weighted by Crippen LogP contribution is -2.52. The first-order chi connectivity index (χ1) is 14.9. The zero-order valence-corrected chi connectivity index (χ0v) is 16.8. The molecule has 2 saturated heterocycles. The maximum absolute atomic E-state index is 13.1. The number of benzene rings is 1. The average molecular weight is 429 g/mol. The van der Waals surface area contributed by atoms with Gasteiger partial charge < -0.3 is 14.8 Å². The highest BCUT2D eigenvalue weighted by Crippen LogP contribution is 2.36. The Kier molecular flexibility index (Phi) is 4.83. The van der Waals surface area contributed by atoms with Gasteiger partial charge >= 0.3 is 6.18 Å². The maximum atomic E-state index is 13.1. The van der Waals surface area contributed by atoms with Crippen LogP contribution in [0.5, 0.6) is 0 Å². The molecule has 2 aliphatic heterocycles. The molecule has 3 aromatic rings. The van der Waals surface area contributed by atoms with E-state index in [1.54, 1.807) is 6.33 Å². The first-order valence-electron chi connectivity index (χ1n) is 10.4. The minimum atomic E-state index is -4.37. The molecule has 6 nitrogen and oxygen atoms in total. The summed E-state index contributed by atoms with van der Waals surface area (Å²) in [6, 6.07) is 7.10. The molecule has 162 valence electrons. The lowest BCUT2D eigenvalue weighted by Gasteiger charge is -2.40. The summed E-state index contributed by atoms with van der Waals surface area (Å²) in [6.45, 7) is 1.48. The molecular formula is C22H22F3N5O. The first kappa shape index (κ1) is 19.8. The smallest absolute Gasteiger partial charge is 0.351 e. The van der Waals surface area contributed by atoms with Crippen molar-refractivity contribution in [3.8, 4) is 0 Å². The van der Waals surface area contributed by atoms with Crippen molar-refractivity contribution in [2.75, 3.05) is 18.0 Å². The number of fused-ring (bicyclic) bond motifs is 2. The van der Waals surface area contributed by atoms with Crippen molar-refractivity contribution in [2.24, 2.45) is 0 Å². The molecule has 0 saturated carbocycles. The number of carbonyl (C=O) groups is 1. The molecule has 1 amide bonds. The van der Waals surface area contributed by atoms with Crippen molar-refractivity contribution >= 4 is 22.8 Å². The van der Waals surface area contributed by atoms with Crippen LogP contribution in [-0.2, 0) is 17.4 Å². The molecule has 9 heteroatoms. The van der Waals surface area contributed by atoms with Crippen LogP contribution >= 0.6 is 0 Å². The Balaban J connectivity index is 1.32. The summed E-state index contributed by atoms with van der Waals surface area (Å²) >= 11 is 0. The number of likely N-dealkylation sites (tertiary alicyclic amines) is 1. The minimum Gasteiger partial charge on any atom is -0.351 e. The van der Waals surface area contributed by atoms with E-state index in [0.29, 0.717) is 12.1 Å². The van der Waals surface area contributed by atoms with Gasteiger partial charge in [-0.05, 0) is 43.0 Å². The van der Waals surface area contributed by atoms with Gasteiger partial charge in [-0.2, -0.15) is 13.2 Å². The van der Waals surface area contributed by atoms with E-state index >= 15 is 0 Å². The number of carbonyl (C=O) groups excluding carboxylic acids is 1. The number of hydrogen-bond acceptors (Lipinski definition) is 4. The predicted octanol–water partition coefficient (Wildman–Crippen LogP) is 3.79. The van der Waals surface area contributed by atoms with E-state index in [9.17, 15) is 18.0 Å². The number of alkyl halides is 3. The number of aromatic nitrogens is 3. The van der Waals surface area contributed by atoms with E-state index in [4.69, 9.17) is 0 Å². The highest BCUT2D eigenvalue weighted by atomic mass is 19.4. The second-order valence-corrected chi connectivity index (χ2v) is 8.15. The molecule has 2 aliphatic rings. The molecule has 0 radical (unpaired) electrons. The van der Waals surface area contributed by atoms with Gasteiger partial charge in [0.25, 0.3) is 0 Å². The van der Waals surface area contributed by atoms with Crippen LogP contribution in [0.4, 0.5) is 19.0 Å². The molecule has 1 aromatic carbocycles. The number of halogens is 3. The van der Waals surface area contributed by atoms with Crippen molar-refractivity contribution in [1.29, 1.82) is 0 Å². The number of hydrogen-bond donors (Lipinski definition) is 1. The zero-order chi connectivity index (χ0) is 21.6. The van der Waals surface area contributed by atoms with E-state index < -0.39 is 11.7 Å². The first-order valence-corrected chi connectivity index (χ1v) is 10.4. The van der Waals surface area contributed by atoms with E-state index in [1.807, 2.05) is 17.2 Å². The number of rotatable bonds is 3. The van der Waals surface area contributed by atoms with Gasteiger partial charge in [0.1, 0.15) is 17.8 Å². The van der Waals surface area contributed by atoms with Crippen LogP contribution in [0.25, 0.3) is 11.0 Å². The number of H-pyrrole nitrogens is 1. The highest BCUT2D eigenvalue weighted by Gasteiger charge is 2.42. The molecule has 31 heavy (non-hydrogen) atoms. The molecule has 2 fully saturated rings. The highest BCUT2D eigenvalue weighted by molar-refractivity contribution is 5.87. The molecule has 0 spiro atoms. The summed E-state index contributed by atoms with van der Waals surface area (Å²) in [7, 11) is 0. The number of amides is 1. The Morgan fingerprint density at radius 2 is 1.87 bits per heavy atom. The van der Waals surface area contributed by atoms with E-state index in [2.05, 4.69) is 19.9 Å². The number of anilines is 1. The number of piperidine rings is 1. The maximum Gasteiger partial charge on any atom is 0.416 e. The van der Waals surface area contributed by atoms with Gasteiger partial charge in [-0.25, -0.2) is 9.97 Å². The van der Waals surface area contributed by atoms with Crippen molar-refractivity contribution in [2.45, 2.75) is 43.9 Å². The SMILES string of the molecule is O=C(Cc1ccc(C(F)(F)F)cc1)N1CCCC2C1CCN2c1ncnc2[nH]ccc12. The Morgan fingerprint density at radius 1 is 1.06 bits per heavy atom. The Labute approximate surface area is 177 Å². The molecule has 0 bridgehead atoms. The van der Waals surface area contributed by atoms with Crippen LogP contribution in [-0.4, -0.2) is 50.9 Å². The molecule has 2 atom stereocenters. The second kappa shape index (κ2) is 7.55. The Bertz CT molecular complexity index is 1090. The molecular weight excluding hydrogens is 407 g/mol. The van der Waals surface area contributed by atoms with Crippen LogP contribution in [0.3, 0.4) is 0 Å². The fourth-order valence-corrected chi connectivity index (χ4v) is 4.93. The second-order valence-electron chi connectivity index (χ2n) is 8.15. The van der Waals surface area contributed by atoms with Gasteiger partial charge in [0.15, 0.2) is 0 Å². The van der Waals surface area contributed by atoms with Crippen molar-refractivity contribution < 1.29 is 18.0 Å². The van der Waals surface area contributed by atoms with Gasteiger partial charge in [-0.15, -0.1) is 0 Å². The van der Waals surface area contributed by atoms with Gasteiger partial charge in [0.05, 0.1) is 29.5 Å². The normalized spacial score (nSPS) is 21.5. The van der Waals surface area contributed by atoms with Gasteiger partial charge in [0, 0.05) is 19.3 Å². The molecule has 4 heterocycles. The predicted molar refractivity (Wildman–Crippen MR) is 110 cm³/mol. The van der Waals surface area contributed by atoms with Gasteiger partial charge in [-0.3, -0.25) is 4.79 Å². The third-order valence-corrected chi connectivity index (χ3v) is 6.37. The van der Waals surface area contributed by atoms with Crippen molar-refractivity contribution in [1.82, 2.24) is 19.9 Å². The standard InChI is InChI=1S/C22H22F3N5O/c23-22(24,25)15-5-3-14(4-6-15)12-19(31)29-10-1-2-17-18(29)8-11-30(17)21-16-7-9-26-20(16)27-13-28-21/h3-7,9,13,17-18H,1-2,8,10-12H2,(H,26,27,28). The fourth-order valence-electron chi connectivity index (χ4n) is 4.93. The number of aromatic amines is 1. The van der Waals surface area contributed by atoms with Crippen LogP contribution < -0.4 is 4.90 Å². The van der Waals surface area contributed by atoms with Crippen LogP contribution in [0, 0.1) is 0 Å². The van der Waals surface area contributed by atoms with Crippen molar-refractivity contribution in [3.63, 3.8) is 0 Å². The number of nitrogens with zero attached hydrogens (tertiary/aromatic N) is 4. The van der Waals surface area contributed by atoms with E-state index in [-0.39, 0.29) is 24.4 Å². The topological polar surface area (TPSA) is 65.1 Å². The zero-order valence-electron chi connectivity index (χ0n) is 16.8. The van der Waals surface area contributed by atoms with Crippen LogP contribution in [0.2, 0.25) is 0 Å². The average Bonchev–Trinajstić information content (AvgIpc) is 3.40. The Morgan fingerprint density at radius 3 is 2.65 bits per heavy atom. The summed E-state index contributed by atoms with van der Waals surface area (Å²) in [5.74, 6) is 0.849. The largest absolute Gasteiger partial charge is 0.416 e. The quantitative estimate of drug-likeness (QED) is 0.688. The molecule has 5 rings (SSSR count). The van der Waals surface area contributed by atoms with E-state index in [1.165, 1.54) is 12.1 Å². The lowest BCUT2D eigenvalue weighted by atomic mass is 9.95. The summed E-state index contributed by atoms with van der Waals surface area (Å²) in [6.07, 6.45) is 1.84. The minimum absolute atomic E-state index is 0.0363. The summed E-state index contributed by atoms with van der Waals surface area (Å²) in [4.78, 5) is 29.1. The molecule has 1 N–H and O–H groups in total. The molecule has 2 unspecified atom stereocenters. The van der Waals surface area contributed by atoms with Crippen molar-refractivity contribution in [3.05, 3.63) is 54.0 Å². The van der Waals surface area contributed by atoms with E-state index in [0.717, 1.165) is 54.8 Å². The lowest BCUT2D eigenvalue weighted by molar-refractivity contribution is -0.137. The third-order valence-electron chi connectivity index (χ3n) is 6.37. The van der Waals surface area contributed by atoms with Gasteiger partial charge in [0.2, 0.25) is 5.91 Å². The molecule has 0 aliphatic carbocycles. The summed E-state index contributed by atoms with van der Waals surface area (Å²) in [5, 5.41) is 0.969.